The normalized spacial score (nSPS) is 10.4. The Bertz CT molecular complexity index is 898. The van der Waals surface area contributed by atoms with E-state index >= 15 is 0 Å². The van der Waals surface area contributed by atoms with E-state index in [9.17, 15) is 4.79 Å². The number of carbonyl (C=O) groups excluding carboxylic acids is 1. The average molecular weight is 289 g/mol. The Morgan fingerprint density at radius 3 is 2.50 bits per heavy atom. The van der Waals surface area contributed by atoms with Gasteiger partial charge >= 0.3 is 0 Å². The lowest BCUT2D eigenvalue weighted by molar-refractivity contribution is -0.114. The lowest BCUT2D eigenvalue weighted by Gasteiger charge is -2.09. The monoisotopic (exact) mass is 289 g/mol. The molecule has 0 aliphatic rings. The van der Waals surface area contributed by atoms with Gasteiger partial charge in [0.1, 0.15) is 0 Å². The first-order valence-electron chi connectivity index (χ1n) is 6.99. The second-order valence-electron chi connectivity index (χ2n) is 5.23. The number of hydrogen-bond donors (Lipinski definition) is 1. The summed E-state index contributed by atoms with van der Waals surface area (Å²) in [6, 6.07) is 17.6. The van der Waals surface area contributed by atoms with Gasteiger partial charge in [0.2, 0.25) is 5.91 Å². The lowest BCUT2D eigenvalue weighted by atomic mass is 10.2. The zero-order valence-corrected chi connectivity index (χ0v) is 12.4. The number of hydrogen-bond acceptors (Lipinski definition) is 2. The first kappa shape index (κ1) is 13.9. The van der Waals surface area contributed by atoms with Crippen molar-refractivity contribution in [2.24, 2.45) is 0 Å². The number of fused-ring (bicyclic) bond motifs is 1. The molecule has 4 nitrogen and oxygen atoms in total. The number of aromatic nitrogens is 1. The molecule has 0 saturated heterocycles. The first-order valence-corrected chi connectivity index (χ1v) is 6.99. The number of nitrogens with zero attached hydrogens (tertiary/aromatic N) is 2. The Labute approximate surface area is 128 Å². The predicted octanol–water partition coefficient (Wildman–Crippen LogP) is 3.77. The number of carbonyl (C=O) groups is 1. The molecule has 4 heteroatoms. The van der Waals surface area contributed by atoms with Crippen molar-refractivity contribution in [1.82, 2.24) is 4.57 Å². The lowest BCUT2D eigenvalue weighted by Crippen LogP contribution is -2.05. The van der Waals surface area contributed by atoms with E-state index in [-0.39, 0.29) is 5.91 Å². The number of amides is 1. The Morgan fingerprint density at radius 1 is 1.14 bits per heavy atom. The molecule has 0 spiro atoms. The summed E-state index contributed by atoms with van der Waals surface area (Å²) in [6.45, 7) is 3.54. The van der Waals surface area contributed by atoms with E-state index in [4.69, 9.17) is 5.26 Å². The summed E-state index contributed by atoms with van der Waals surface area (Å²) in [5.74, 6) is -0.0809. The standard InChI is InChI=1S/C18H15N3O/c1-12-9-15-10-16(20-13(2)22)5-8-18(15)21(12)17-6-3-14(11-19)4-7-17/h3-10H,1-2H3,(H,20,22). The van der Waals surface area contributed by atoms with E-state index in [2.05, 4.69) is 22.0 Å². The molecule has 1 heterocycles. The number of nitriles is 1. The van der Waals surface area contributed by atoms with Gasteiger partial charge in [0.15, 0.2) is 0 Å². The largest absolute Gasteiger partial charge is 0.326 e. The summed E-state index contributed by atoms with van der Waals surface area (Å²) in [5.41, 5.74) is 4.61. The molecule has 2 aromatic carbocycles. The van der Waals surface area contributed by atoms with Crippen LogP contribution in [0.2, 0.25) is 0 Å². The molecular formula is C18H15N3O. The van der Waals surface area contributed by atoms with Gasteiger partial charge in [0.05, 0.1) is 17.1 Å². The van der Waals surface area contributed by atoms with Crippen molar-refractivity contribution >= 4 is 22.5 Å². The third-order valence-electron chi connectivity index (χ3n) is 3.56. The van der Waals surface area contributed by atoms with E-state index < -0.39 is 0 Å². The highest BCUT2D eigenvalue weighted by atomic mass is 16.1. The van der Waals surface area contributed by atoms with Gasteiger partial charge in [-0.05, 0) is 55.5 Å². The SMILES string of the molecule is CC(=O)Nc1ccc2c(c1)cc(C)n2-c1ccc(C#N)cc1. The molecule has 22 heavy (non-hydrogen) atoms. The summed E-state index contributed by atoms with van der Waals surface area (Å²) in [4.78, 5) is 11.2. The summed E-state index contributed by atoms with van der Waals surface area (Å²) in [7, 11) is 0. The maximum atomic E-state index is 11.2. The van der Waals surface area contributed by atoms with E-state index in [0.717, 1.165) is 28.0 Å². The highest BCUT2D eigenvalue weighted by molar-refractivity contribution is 5.93. The van der Waals surface area contributed by atoms with Crippen LogP contribution in [0.15, 0.2) is 48.5 Å². The zero-order valence-electron chi connectivity index (χ0n) is 12.4. The van der Waals surface area contributed by atoms with E-state index in [0.29, 0.717) is 5.56 Å². The molecule has 1 aromatic heterocycles. The van der Waals surface area contributed by atoms with Crippen LogP contribution in [0.3, 0.4) is 0 Å². The molecule has 0 fully saturated rings. The van der Waals surface area contributed by atoms with Crippen molar-refractivity contribution < 1.29 is 4.79 Å². The fourth-order valence-corrected chi connectivity index (χ4v) is 2.66. The molecule has 0 bridgehead atoms. The van der Waals surface area contributed by atoms with Crippen molar-refractivity contribution in [3.8, 4) is 11.8 Å². The van der Waals surface area contributed by atoms with Crippen LogP contribution in [0.4, 0.5) is 5.69 Å². The number of anilines is 1. The van der Waals surface area contributed by atoms with Crippen molar-refractivity contribution in [2.45, 2.75) is 13.8 Å². The van der Waals surface area contributed by atoms with Crippen LogP contribution >= 0.6 is 0 Å². The van der Waals surface area contributed by atoms with Crippen LogP contribution in [-0.4, -0.2) is 10.5 Å². The minimum absolute atomic E-state index is 0.0809. The number of rotatable bonds is 2. The van der Waals surface area contributed by atoms with E-state index in [1.165, 1.54) is 6.92 Å². The fourth-order valence-electron chi connectivity index (χ4n) is 2.66. The minimum atomic E-state index is -0.0809. The molecule has 108 valence electrons. The third kappa shape index (κ3) is 2.45. The van der Waals surface area contributed by atoms with Crippen molar-refractivity contribution in [2.75, 3.05) is 5.32 Å². The maximum absolute atomic E-state index is 11.2. The van der Waals surface area contributed by atoms with Crippen LogP contribution in [0.25, 0.3) is 16.6 Å². The molecule has 0 atom stereocenters. The predicted molar refractivity (Wildman–Crippen MR) is 87.0 cm³/mol. The molecule has 0 saturated carbocycles. The zero-order chi connectivity index (χ0) is 15.7. The second-order valence-corrected chi connectivity index (χ2v) is 5.23. The number of benzene rings is 2. The smallest absolute Gasteiger partial charge is 0.221 e. The molecule has 0 unspecified atom stereocenters. The van der Waals surface area contributed by atoms with Gasteiger partial charge in [0.25, 0.3) is 0 Å². The summed E-state index contributed by atoms with van der Waals surface area (Å²) in [5, 5.41) is 12.8. The Morgan fingerprint density at radius 2 is 1.86 bits per heavy atom. The summed E-state index contributed by atoms with van der Waals surface area (Å²) < 4.78 is 2.13. The van der Waals surface area contributed by atoms with Gasteiger partial charge in [0, 0.05) is 29.4 Å². The second kappa shape index (κ2) is 5.38. The minimum Gasteiger partial charge on any atom is -0.326 e. The van der Waals surface area contributed by atoms with Gasteiger partial charge < -0.3 is 9.88 Å². The summed E-state index contributed by atoms with van der Waals surface area (Å²) in [6.07, 6.45) is 0. The van der Waals surface area contributed by atoms with Crippen LogP contribution < -0.4 is 5.32 Å². The van der Waals surface area contributed by atoms with Crippen LogP contribution in [0.1, 0.15) is 18.2 Å². The number of nitrogens with one attached hydrogen (secondary N) is 1. The molecule has 0 aliphatic carbocycles. The molecule has 0 aliphatic heterocycles. The molecular weight excluding hydrogens is 274 g/mol. The first-order chi connectivity index (χ1) is 10.6. The highest BCUT2D eigenvalue weighted by Gasteiger charge is 2.08. The van der Waals surface area contributed by atoms with Crippen LogP contribution in [-0.2, 0) is 4.79 Å². The van der Waals surface area contributed by atoms with Crippen molar-refractivity contribution in [3.05, 3.63) is 59.8 Å². The molecule has 3 aromatic rings. The quantitative estimate of drug-likeness (QED) is 0.780. The van der Waals surface area contributed by atoms with Crippen LogP contribution in [0, 0.1) is 18.3 Å². The van der Waals surface area contributed by atoms with Crippen LogP contribution in [0.5, 0.6) is 0 Å². The maximum Gasteiger partial charge on any atom is 0.221 e. The Hall–Kier alpha value is -3.06. The van der Waals surface area contributed by atoms with E-state index in [1.54, 1.807) is 0 Å². The Balaban J connectivity index is 2.11. The topological polar surface area (TPSA) is 57.8 Å². The number of aryl methyl sites for hydroxylation is 1. The third-order valence-corrected chi connectivity index (χ3v) is 3.56. The van der Waals surface area contributed by atoms with Gasteiger partial charge in [-0.1, -0.05) is 0 Å². The molecule has 3 rings (SSSR count). The molecule has 0 radical (unpaired) electrons. The summed E-state index contributed by atoms with van der Waals surface area (Å²) >= 11 is 0. The molecule has 1 amide bonds. The average Bonchev–Trinajstić information content (AvgIpc) is 2.82. The van der Waals surface area contributed by atoms with Gasteiger partial charge in [-0.2, -0.15) is 5.26 Å². The van der Waals surface area contributed by atoms with Gasteiger partial charge in [-0.15, -0.1) is 0 Å². The van der Waals surface area contributed by atoms with Gasteiger partial charge in [-0.25, -0.2) is 0 Å². The van der Waals surface area contributed by atoms with Crippen molar-refractivity contribution in [1.29, 1.82) is 5.26 Å². The van der Waals surface area contributed by atoms with Crippen molar-refractivity contribution in [3.63, 3.8) is 0 Å². The highest BCUT2D eigenvalue weighted by Crippen LogP contribution is 2.26. The Kier molecular flexibility index (Phi) is 3.40. The molecule has 1 N–H and O–H groups in total. The van der Waals surface area contributed by atoms with Gasteiger partial charge in [-0.3, -0.25) is 4.79 Å². The fraction of sp³-hybridized carbons (Fsp3) is 0.111. The van der Waals surface area contributed by atoms with E-state index in [1.807, 2.05) is 49.4 Å².